The van der Waals surface area contributed by atoms with Gasteiger partial charge in [-0.05, 0) is 36.4 Å². The van der Waals surface area contributed by atoms with Gasteiger partial charge < -0.3 is 20.1 Å². The minimum absolute atomic E-state index is 0. The lowest BCUT2D eigenvalue weighted by molar-refractivity contribution is -0.0491. The highest BCUT2D eigenvalue weighted by Gasteiger charge is 2.17. The summed E-state index contributed by atoms with van der Waals surface area (Å²) in [5.41, 5.74) is 0.913. The maximum Gasteiger partial charge on any atom is 0.387 e. The van der Waals surface area contributed by atoms with Gasteiger partial charge >= 0.3 is 6.61 Å². The Bertz CT molecular complexity index is 1190. The quantitative estimate of drug-likeness (QED) is 0.485. The lowest BCUT2D eigenvalue weighted by Crippen LogP contribution is -2.22. The second kappa shape index (κ2) is 7.65. The zero-order valence-corrected chi connectivity index (χ0v) is 13.8. The molecule has 0 aliphatic rings. The number of aromatic amines is 1. The predicted molar refractivity (Wildman–Crippen MR) is 102 cm³/mol. The number of H-pyrrole nitrogens is 1. The van der Waals surface area contributed by atoms with Crippen LogP contribution in [0.2, 0.25) is 0 Å². The molecule has 0 aliphatic carbocycles. The van der Waals surface area contributed by atoms with Crippen molar-refractivity contribution in [2.75, 3.05) is 5.32 Å². The minimum atomic E-state index is -3.06. The predicted octanol–water partition coefficient (Wildman–Crippen LogP) is 3.65. The third-order valence-corrected chi connectivity index (χ3v) is 4.10. The van der Waals surface area contributed by atoms with E-state index in [2.05, 4.69) is 20.0 Å². The van der Waals surface area contributed by atoms with Gasteiger partial charge in [0.1, 0.15) is 5.82 Å². The van der Waals surface area contributed by atoms with E-state index in [0.29, 0.717) is 5.69 Å². The van der Waals surface area contributed by atoms with Crippen molar-refractivity contribution >= 4 is 28.1 Å². The van der Waals surface area contributed by atoms with Gasteiger partial charge in [0, 0.05) is 29.0 Å². The first kappa shape index (κ1) is 19.3. The number of alkyl halides is 2. The number of nitrogens with one attached hydrogen (secondary N) is 2. The lowest BCUT2D eigenvalue weighted by Gasteiger charge is -2.13. The van der Waals surface area contributed by atoms with E-state index in [0.717, 1.165) is 15.3 Å². The smallest absolute Gasteiger partial charge is 0.387 e. The van der Waals surface area contributed by atoms with Crippen LogP contribution in [0.25, 0.3) is 16.6 Å². The van der Waals surface area contributed by atoms with E-state index in [1.807, 2.05) is 18.2 Å². The van der Waals surface area contributed by atoms with E-state index in [1.54, 1.807) is 12.3 Å². The van der Waals surface area contributed by atoms with Gasteiger partial charge in [-0.15, -0.1) is 0 Å². The Kier molecular flexibility index (Phi) is 5.27. The van der Waals surface area contributed by atoms with Gasteiger partial charge in [-0.1, -0.05) is 7.43 Å². The highest BCUT2D eigenvalue weighted by atomic mass is 19.3. The highest BCUT2D eigenvalue weighted by molar-refractivity contribution is 5.84. The van der Waals surface area contributed by atoms with Crippen LogP contribution in [0.1, 0.15) is 13.0 Å². The summed E-state index contributed by atoms with van der Waals surface area (Å²) < 4.78 is 30.8. The van der Waals surface area contributed by atoms with E-state index in [-0.39, 0.29) is 30.2 Å². The summed E-state index contributed by atoms with van der Waals surface area (Å²) in [5.74, 6) is -0.166. The van der Waals surface area contributed by atoms with E-state index in [9.17, 15) is 18.7 Å². The summed E-state index contributed by atoms with van der Waals surface area (Å²) in [6.45, 7) is -3.62. The van der Waals surface area contributed by atoms with Crippen LogP contribution in [0.15, 0.2) is 53.6 Å². The molecule has 0 bridgehead atoms. The number of hydrogen-bond acceptors (Lipinski definition) is 5. The molecule has 1 aromatic carbocycles. The highest BCUT2D eigenvalue weighted by Crippen LogP contribution is 2.25. The summed E-state index contributed by atoms with van der Waals surface area (Å²) in [4.78, 5) is 20.0. The molecule has 3 N–H and O–H groups in total. The normalized spacial score (nSPS) is 11.0. The molecule has 0 fully saturated rings. The van der Waals surface area contributed by atoms with Gasteiger partial charge in [0.05, 0.1) is 12.2 Å². The molecule has 7 nitrogen and oxygen atoms in total. The van der Waals surface area contributed by atoms with E-state index in [1.165, 1.54) is 18.3 Å². The number of pyridine rings is 1. The summed E-state index contributed by atoms with van der Waals surface area (Å²) in [5, 5.41) is 13.6. The second-order valence-corrected chi connectivity index (χ2v) is 5.75. The number of halogens is 2. The van der Waals surface area contributed by atoms with Crippen molar-refractivity contribution in [3.63, 3.8) is 0 Å². The third kappa shape index (κ3) is 3.39. The Labute approximate surface area is 158 Å². The van der Waals surface area contributed by atoms with Crippen molar-refractivity contribution < 1.29 is 18.6 Å². The first-order valence-electron chi connectivity index (χ1n) is 8.01. The molecule has 0 saturated carbocycles. The van der Waals surface area contributed by atoms with Gasteiger partial charge in [-0.3, -0.25) is 9.20 Å². The molecule has 0 amide bonds. The molecule has 3 aromatic heterocycles. The number of nitrogens with zero attached hydrogens (tertiary/aromatic N) is 2. The van der Waals surface area contributed by atoms with Crippen LogP contribution >= 0.6 is 0 Å². The molecule has 9 heteroatoms. The van der Waals surface area contributed by atoms with Crippen molar-refractivity contribution in [3.8, 4) is 5.75 Å². The van der Waals surface area contributed by atoms with Gasteiger partial charge in [0.2, 0.25) is 0 Å². The summed E-state index contributed by atoms with van der Waals surface area (Å²) in [6, 6.07) is 10.0. The molecular formula is C19H18F2N4O3. The molecule has 0 aliphatic heterocycles. The lowest BCUT2D eigenvalue weighted by atomic mass is 10.2. The first-order valence-corrected chi connectivity index (χ1v) is 8.01. The Morgan fingerprint density at radius 1 is 1.29 bits per heavy atom. The molecular weight excluding hydrogens is 370 g/mol. The van der Waals surface area contributed by atoms with Crippen LogP contribution in [-0.4, -0.2) is 26.1 Å². The maximum atomic E-state index is 12.7. The first-order chi connectivity index (χ1) is 13.1. The number of benzene rings is 1. The molecule has 4 rings (SSSR count). The van der Waals surface area contributed by atoms with E-state index >= 15 is 0 Å². The van der Waals surface area contributed by atoms with Crippen LogP contribution in [0.3, 0.4) is 0 Å². The largest absolute Gasteiger partial charge is 0.431 e. The average Bonchev–Trinajstić information content (AvgIpc) is 3.10. The molecule has 4 aromatic rings. The van der Waals surface area contributed by atoms with Crippen molar-refractivity contribution in [1.29, 1.82) is 0 Å². The molecule has 0 spiro atoms. The van der Waals surface area contributed by atoms with Gasteiger partial charge in [0.15, 0.2) is 11.4 Å². The number of rotatable bonds is 5. The third-order valence-electron chi connectivity index (χ3n) is 4.10. The van der Waals surface area contributed by atoms with Gasteiger partial charge in [-0.2, -0.15) is 8.78 Å². The monoisotopic (exact) mass is 388 g/mol. The van der Waals surface area contributed by atoms with E-state index in [4.69, 9.17) is 0 Å². The topological polar surface area (TPSA) is 91.7 Å². The molecule has 146 valence electrons. The number of ether oxygens (including phenoxy) is 1. The van der Waals surface area contributed by atoms with Crippen molar-refractivity contribution in [1.82, 2.24) is 14.4 Å². The Morgan fingerprint density at radius 2 is 2.11 bits per heavy atom. The Balaban J connectivity index is 0.00000225. The summed E-state index contributed by atoms with van der Waals surface area (Å²) >= 11 is 0. The van der Waals surface area contributed by atoms with Gasteiger partial charge in [-0.25, -0.2) is 4.98 Å². The van der Waals surface area contributed by atoms with Crippen LogP contribution < -0.4 is 15.6 Å². The molecule has 0 saturated heterocycles. The number of fused-ring (bicyclic) bond motifs is 2. The molecule has 3 heterocycles. The number of aliphatic hydroxyl groups excluding tert-OH is 1. The zero-order valence-electron chi connectivity index (χ0n) is 13.8. The average molecular weight is 388 g/mol. The van der Waals surface area contributed by atoms with Crippen LogP contribution in [-0.2, 0) is 6.61 Å². The fraction of sp³-hybridized carbons (Fsp3) is 0.158. The van der Waals surface area contributed by atoms with Crippen LogP contribution in [0, 0.1) is 0 Å². The Morgan fingerprint density at radius 3 is 2.86 bits per heavy atom. The fourth-order valence-electron chi connectivity index (χ4n) is 2.87. The van der Waals surface area contributed by atoms with Crippen LogP contribution in [0.4, 0.5) is 20.3 Å². The number of aromatic nitrogens is 3. The SMILES string of the molecule is C.O=c1c(CO)c(Nc2ccc3[nH]ccc3c2)nc2c(OC(F)F)cccn12. The van der Waals surface area contributed by atoms with Crippen LogP contribution in [0.5, 0.6) is 5.75 Å². The van der Waals surface area contributed by atoms with Crippen molar-refractivity contribution in [3.05, 3.63) is 64.7 Å². The minimum Gasteiger partial charge on any atom is -0.431 e. The molecule has 0 radical (unpaired) electrons. The molecule has 0 atom stereocenters. The standard InChI is InChI=1S/C18H14F2N4O3.CH4/c19-18(20)27-14-2-1-7-24-16(14)23-15(12(9-25)17(24)26)22-11-3-4-13-10(8-11)5-6-21-13;/h1-8,18,21-22,25H,9H2;1H4. The maximum absolute atomic E-state index is 12.7. The number of hydrogen-bond donors (Lipinski definition) is 3. The number of anilines is 2. The zero-order chi connectivity index (χ0) is 19.0. The fourth-order valence-corrected chi connectivity index (χ4v) is 2.87. The Hall–Kier alpha value is -3.46. The molecule has 0 unspecified atom stereocenters. The second-order valence-electron chi connectivity index (χ2n) is 5.75. The van der Waals surface area contributed by atoms with Gasteiger partial charge in [0.25, 0.3) is 5.56 Å². The summed E-state index contributed by atoms with van der Waals surface area (Å²) in [6.07, 6.45) is 3.17. The number of aliphatic hydroxyl groups is 1. The van der Waals surface area contributed by atoms with E-state index < -0.39 is 18.8 Å². The molecule has 28 heavy (non-hydrogen) atoms. The summed E-state index contributed by atoms with van der Waals surface area (Å²) in [7, 11) is 0. The van der Waals surface area contributed by atoms with Crippen molar-refractivity contribution in [2.45, 2.75) is 20.6 Å². The van der Waals surface area contributed by atoms with Crippen molar-refractivity contribution in [2.24, 2.45) is 0 Å².